The molecule has 2 amide bonds. The van der Waals surface area contributed by atoms with Crippen LogP contribution in [-0.2, 0) is 14.4 Å². The highest BCUT2D eigenvalue weighted by atomic mass is 16.4. The molecule has 0 aromatic carbocycles. The zero-order chi connectivity index (χ0) is 10.2. The molecular formula is C7H10N2O4. The van der Waals surface area contributed by atoms with Crippen LogP contribution in [0.25, 0.3) is 0 Å². The third kappa shape index (κ3) is 1.52. The van der Waals surface area contributed by atoms with Gasteiger partial charge in [0.15, 0.2) is 0 Å². The van der Waals surface area contributed by atoms with Crippen LogP contribution >= 0.6 is 0 Å². The highest BCUT2D eigenvalue weighted by Gasteiger charge is 2.41. The van der Waals surface area contributed by atoms with Crippen molar-refractivity contribution in [1.29, 1.82) is 0 Å². The summed E-state index contributed by atoms with van der Waals surface area (Å²) in [6.45, 7) is 1.27. The Morgan fingerprint density at radius 2 is 2.23 bits per heavy atom. The number of carbonyl (C=O) groups is 3. The molecule has 3 N–H and O–H groups in total. The van der Waals surface area contributed by atoms with Gasteiger partial charge in [-0.25, -0.2) is 4.79 Å². The van der Waals surface area contributed by atoms with Gasteiger partial charge in [-0.05, 0) is 6.92 Å². The summed E-state index contributed by atoms with van der Waals surface area (Å²) in [5.41, 5.74) is 5.29. The number of likely N-dealkylation sites (tertiary alicyclic amines) is 1. The monoisotopic (exact) mass is 186 g/mol. The highest BCUT2D eigenvalue weighted by molar-refractivity contribution is 6.07. The molecule has 0 bridgehead atoms. The Kier molecular flexibility index (Phi) is 2.33. The van der Waals surface area contributed by atoms with Gasteiger partial charge >= 0.3 is 5.97 Å². The number of carbonyl (C=O) groups excluding carboxylic acids is 2. The molecule has 6 heteroatoms. The molecule has 1 rings (SSSR count). The number of rotatable bonds is 2. The van der Waals surface area contributed by atoms with Gasteiger partial charge in [0.1, 0.15) is 6.04 Å². The Morgan fingerprint density at radius 3 is 2.54 bits per heavy atom. The second-order valence-electron chi connectivity index (χ2n) is 2.93. The fraction of sp³-hybridized carbons (Fsp3) is 0.571. The van der Waals surface area contributed by atoms with Gasteiger partial charge < -0.3 is 10.8 Å². The fourth-order valence-electron chi connectivity index (χ4n) is 1.19. The molecule has 1 aliphatic rings. The summed E-state index contributed by atoms with van der Waals surface area (Å²) in [5, 5.41) is 8.58. The number of carboxylic acid groups (broad SMARTS) is 1. The van der Waals surface area contributed by atoms with Crippen molar-refractivity contribution >= 4 is 17.8 Å². The molecule has 0 spiro atoms. The van der Waals surface area contributed by atoms with E-state index in [1.807, 2.05) is 0 Å². The summed E-state index contributed by atoms with van der Waals surface area (Å²) in [4.78, 5) is 33.5. The van der Waals surface area contributed by atoms with Crippen molar-refractivity contribution in [1.82, 2.24) is 4.90 Å². The van der Waals surface area contributed by atoms with E-state index in [0.29, 0.717) is 4.90 Å². The molecule has 6 nitrogen and oxygen atoms in total. The largest absolute Gasteiger partial charge is 0.480 e. The van der Waals surface area contributed by atoms with Crippen LogP contribution in [0.4, 0.5) is 0 Å². The van der Waals surface area contributed by atoms with Gasteiger partial charge in [-0.2, -0.15) is 0 Å². The molecule has 72 valence electrons. The van der Waals surface area contributed by atoms with Crippen LogP contribution in [0.1, 0.15) is 13.3 Å². The van der Waals surface area contributed by atoms with Crippen LogP contribution in [0.15, 0.2) is 0 Å². The normalized spacial score (nSPS) is 25.1. The highest BCUT2D eigenvalue weighted by Crippen LogP contribution is 2.14. The van der Waals surface area contributed by atoms with E-state index >= 15 is 0 Å². The average molecular weight is 186 g/mol. The molecule has 0 aromatic rings. The topological polar surface area (TPSA) is 101 Å². The molecule has 1 heterocycles. The summed E-state index contributed by atoms with van der Waals surface area (Å²) < 4.78 is 0. The predicted octanol–water partition coefficient (Wildman–Crippen LogP) is -1.45. The minimum Gasteiger partial charge on any atom is -0.480 e. The molecular weight excluding hydrogens is 176 g/mol. The second-order valence-corrected chi connectivity index (χ2v) is 2.93. The van der Waals surface area contributed by atoms with Crippen molar-refractivity contribution in [2.75, 3.05) is 0 Å². The lowest BCUT2D eigenvalue weighted by Gasteiger charge is -2.18. The summed E-state index contributed by atoms with van der Waals surface area (Å²) >= 11 is 0. The third-order valence-corrected chi connectivity index (χ3v) is 1.96. The third-order valence-electron chi connectivity index (χ3n) is 1.96. The van der Waals surface area contributed by atoms with Crippen LogP contribution in [0, 0.1) is 0 Å². The maximum Gasteiger partial charge on any atom is 0.326 e. The SMILES string of the molecule is CC(C(=O)O)N1C(=O)CC(N)C1=O. The zero-order valence-electron chi connectivity index (χ0n) is 7.06. The first-order chi connectivity index (χ1) is 5.95. The van der Waals surface area contributed by atoms with Crippen molar-refractivity contribution in [3.8, 4) is 0 Å². The van der Waals surface area contributed by atoms with Crippen molar-refractivity contribution in [3.63, 3.8) is 0 Å². The summed E-state index contributed by atoms with van der Waals surface area (Å²) in [6, 6.07) is -2.01. The lowest BCUT2D eigenvalue weighted by molar-refractivity contribution is -0.153. The first-order valence-corrected chi connectivity index (χ1v) is 3.79. The van der Waals surface area contributed by atoms with Crippen molar-refractivity contribution < 1.29 is 19.5 Å². The molecule has 0 aromatic heterocycles. The number of hydrogen-bond donors (Lipinski definition) is 2. The van der Waals surface area contributed by atoms with Crippen LogP contribution < -0.4 is 5.73 Å². The quantitative estimate of drug-likeness (QED) is 0.513. The number of imide groups is 1. The Labute approximate surface area is 74.3 Å². The molecule has 13 heavy (non-hydrogen) atoms. The van der Waals surface area contributed by atoms with E-state index in [-0.39, 0.29) is 6.42 Å². The molecule has 1 fully saturated rings. The number of aliphatic carboxylic acids is 1. The lowest BCUT2D eigenvalue weighted by Crippen LogP contribution is -2.45. The Bertz CT molecular complexity index is 276. The minimum atomic E-state index is -1.21. The summed E-state index contributed by atoms with van der Waals surface area (Å²) in [5.74, 6) is -2.34. The van der Waals surface area contributed by atoms with E-state index < -0.39 is 29.9 Å². The van der Waals surface area contributed by atoms with Crippen LogP contribution in [-0.4, -0.2) is 39.9 Å². The number of nitrogens with zero attached hydrogens (tertiary/aromatic N) is 1. The first-order valence-electron chi connectivity index (χ1n) is 3.79. The van der Waals surface area contributed by atoms with Gasteiger partial charge in [-0.15, -0.1) is 0 Å². The van der Waals surface area contributed by atoms with Crippen molar-refractivity contribution in [2.45, 2.75) is 25.4 Å². The van der Waals surface area contributed by atoms with Gasteiger partial charge in [0.2, 0.25) is 11.8 Å². The smallest absolute Gasteiger partial charge is 0.326 e. The van der Waals surface area contributed by atoms with Crippen molar-refractivity contribution in [3.05, 3.63) is 0 Å². The van der Waals surface area contributed by atoms with E-state index in [0.717, 1.165) is 0 Å². The van der Waals surface area contributed by atoms with Gasteiger partial charge in [0, 0.05) is 0 Å². The maximum atomic E-state index is 11.2. The van der Waals surface area contributed by atoms with E-state index in [1.165, 1.54) is 6.92 Å². The summed E-state index contributed by atoms with van der Waals surface area (Å²) in [6.07, 6.45) is -0.101. The first kappa shape index (κ1) is 9.66. The van der Waals surface area contributed by atoms with Gasteiger partial charge in [0.05, 0.1) is 12.5 Å². The number of nitrogens with two attached hydrogens (primary N) is 1. The number of hydrogen-bond acceptors (Lipinski definition) is 4. The van der Waals surface area contributed by atoms with Crippen LogP contribution in [0.5, 0.6) is 0 Å². The predicted molar refractivity (Wildman–Crippen MR) is 41.5 cm³/mol. The summed E-state index contributed by atoms with van der Waals surface area (Å²) in [7, 11) is 0. The van der Waals surface area contributed by atoms with Crippen LogP contribution in [0.3, 0.4) is 0 Å². The zero-order valence-corrected chi connectivity index (χ0v) is 7.06. The molecule has 2 unspecified atom stereocenters. The minimum absolute atomic E-state index is 0.101. The number of amides is 2. The average Bonchev–Trinajstić information content (AvgIpc) is 2.26. The Balaban J connectivity index is 2.86. The lowest BCUT2D eigenvalue weighted by atomic mass is 10.3. The Morgan fingerprint density at radius 1 is 1.69 bits per heavy atom. The van der Waals surface area contributed by atoms with E-state index in [4.69, 9.17) is 10.8 Å². The molecule has 1 saturated heterocycles. The standard InChI is InChI=1S/C7H10N2O4/c1-3(7(12)13)9-5(10)2-4(8)6(9)11/h3-4H,2,8H2,1H3,(H,12,13). The molecule has 0 radical (unpaired) electrons. The maximum absolute atomic E-state index is 11.2. The van der Waals surface area contributed by atoms with E-state index in [2.05, 4.69) is 0 Å². The van der Waals surface area contributed by atoms with Gasteiger partial charge in [-0.3, -0.25) is 14.5 Å². The van der Waals surface area contributed by atoms with Gasteiger partial charge in [-0.1, -0.05) is 0 Å². The molecule has 1 aliphatic heterocycles. The molecule has 0 saturated carbocycles. The van der Waals surface area contributed by atoms with Gasteiger partial charge in [0.25, 0.3) is 0 Å². The molecule has 2 atom stereocenters. The van der Waals surface area contributed by atoms with Crippen molar-refractivity contribution in [2.24, 2.45) is 5.73 Å². The van der Waals surface area contributed by atoms with E-state index in [1.54, 1.807) is 0 Å². The fourth-order valence-corrected chi connectivity index (χ4v) is 1.19. The number of carboxylic acids is 1. The Hall–Kier alpha value is -1.43. The van der Waals surface area contributed by atoms with Crippen LogP contribution in [0.2, 0.25) is 0 Å². The molecule has 0 aliphatic carbocycles. The second kappa shape index (κ2) is 3.14. The van der Waals surface area contributed by atoms with E-state index in [9.17, 15) is 14.4 Å².